The van der Waals surface area contributed by atoms with E-state index >= 15 is 4.39 Å². The zero-order valence-corrected chi connectivity index (χ0v) is 26.0. The Bertz CT molecular complexity index is 1790. The Balaban J connectivity index is 1.22. The average Bonchev–Trinajstić information content (AvgIpc) is 3.69. The van der Waals surface area contributed by atoms with Gasteiger partial charge in [0, 0.05) is 49.4 Å². The molecule has 12 heteroatoms. The van der Waals surface area contributed by atoms with E-state index in [1.807, 2.05) is 32.0 Å². The summed E-state index contributed by atoms with van der Waals surface area (Å²) in [7, 11) is 0. The van der Waals surface area contributed by atoms with Crippen LogP contribution in [0.25, 0.3) is 22.3 Å². The Labute approximate surface area is 267 Å². The van der Waals surface area contributed by atoms with Gasteiger partial charge in [0.15, 0.2) is 5.65 Å². The van der Waals surface area contributed by atoms with Crippen LogP contribution in [0.4, 0.5) is 10.2 Å². The molecule has 0 aliphatic carbocycles. The molecule has 2 saturated heterocycles. The molecule has 0 saturated carbocycles. The van der Waals surface area contributed by atoms with Gasteiger partial charge in [-0.1, -0.05) is 18.2 Å². The van der Waals surface area contributed by atoms with Gasteiger partial charge in [-0.25, -0.2) is 19.0 Å². The number of hydrogen-bond acceptors (Lipinski definition) is 9. The SMILES string of the molecule is CC(C)(C=C(C#N)C(=O)N1CCCC1CCn1nc(-c2ccc(Oc3ccccc3)cc2F)c2c(N)ncnc21)N1CCOCC1. The standard InChI is InChI=1S/C34H37FN8O3/c1-34(2,41-15-17-45-18-16-41)20-23(21-36)33(44)42-13-6-7-24(42)12-14-43-32-29(31(37)38-22-39-32)30(40-43)27-11-10-26(19-28(27)35)46-25-8-4-3-5-9-25/h3-5,8-11,19-20,22,24H,6-7,12-18H2,1-2H3,(H2,37,38,39). The van der Waals surface area contributed by atoms with Crippen LogP contribution in [0, 0.1) is 17.1 Å². The molecule has 238 valence electrons. The molecule has 2 fully saturated rings. The smallest absolute Gasteiger partial charge is 0.264 e. The van der Waals surface area contributed by atoms with Gasteiger partial charge in [-0.15, -0.1) is 0 Å². The van der Waals surface area contributed by atoms with Crippen LogP contribution in [0.2, 0.25) is 0 Å². The molecule has 4 heterocycles. The first-order valence-corrected chi connectivity index (χ1v) is 15.5. The van der Waals surface area contributed by atoms with E-state index in [9.17, 15) is 10.1 Å². The van der Waals surface area contributed by atoms with E-state index in [0.717, 1.165) is 25.9 Å². The molecule has 2 aliphatic rings. The van der Waals surface area contributed by atoms with Gasteiger partial charge in [0.05, 0.1) is 18.6 Å². The van der Waals surface area contributed by atoms with Crippen LogP contribution in [0.3, 0.4) is 0 Å². The third-order valence-corrected chi connectivity index (χ3v) is 8.72. The first kappa shape index (κ1) is 31.1. The lowest BCUT2D eigenvalue weighted by Gasteiger charge is -2.39. The fraction of sp³-hybridized carbons (Fsp3) is 0.382. The number of nitrogen functional groups attached to an aromatic ring is 1. The van der Waals surface area contributed by atoms with Gasteiger partial charge in [-0.2, -0.15) is 10.4 Å². The number of aryl methyl sites for hydroxylation is 1. The summed E-state index contributed by atoms with van der Waals surface area (Å²) >= 11 is 0. The fourth-order valence-corrected chi connectivity index (χ4v) is 6.31. The summed E-state index contributed by atoms with van der Waals surface area (Å²) in [5.41, 5.74) is 7.00. The third-order valence-electron chi connectivity index (χ3n) is 8.72. The number of nitriles is 1. The minimum absolute atomic E-state index is 0.0937. The molecule has 46 heavy (non-hydrogen) atoms. The number of morpholine rings is 1. The highest BCUT2D eigenvalue weighted by Gasteiger charge is 2.34. The zero-order valence-electron chi connectivity index (χ0n) is 26.0. The molecule has 0 radical (unpaired) electrons. The number of halogens is 1. The van der Waals surface area contributed by atoms with Crippen molar-refractivity contribution in [1.29, 1.82) is 5.26 Å². The minimum atomic E-state index is -0.522. The number of benzene rings is 2. The number of aromatic nitrogens is 4. The number of fused-ring (bicyclic) bond motifs is 1. The molecule has 0 bridgehead atoms. The molecule has 6 rings (SSSR count). The molecule has 2 aliphatic heterocycles. The van der Waals surface area contributed by atoms with Crippen molar-refractivity contribution >= 4 is 22.8 Å². The van der Waals surface area contributed by atoms with Crippen molar-refractivity contribution in [3.63, 3.8) is 0 Å². The van der Waals surface area contributed by atoms with Crippen LogP contribution in [0.5, 0.6) is 11.5 Å². The number of nitrogens with two attached hydrogens (primary N) is 1. The number of likely N-dealkylation sites (tertiary alicyclic amines) is 1. The second-order valence-electron chi connectivity index (χ2n) is 12.1. The van der Waals surface area contributed by atoms with Gasteiger partial charge < -0.3 is 20.1 Å². The van der Waals surface area contributed by atoms with Crippen molar-refractivity contribution < 1.29 is 18.7 Å². The highest BCUT2D eigenvalue weighted by Crippen LogP contribution is 2.35. The normalized spacial score (nSPS) is 17.7. The van der Waals surface area contributed by atoms with Gasteiger partial charge in [-0.05, 0) is 63.5 Å². The Morgan fingerprint density at radius 2 is 1.93 bits per heavy atom. The Hall–Kier alpha value is -4.86. The molecular weight excluding hydrogens is 587 g/mol. The second kappa shape index (κ2) is 13.2. The van der Waals surface area contributed by atoms with E-state index in [-0.39, 0.29) is 28.9 Å². The van der Waals surface area contributed by atoms with E-state index < -0.39 is 11.4 Å². The number of ether oxygens (including phenoxy) is 2. The summed E-state index contributed by atoms with van der Waals surface area (Å²) < 4.78 is 28.5. The molecule has 1 atom stereocenters. The van der Waals surface area contributed by atoms with Gasteiger partial charge in [0.1, 0.15) is 46.8 Å². The molecule has 2 N–H and O–H groups in total. The highest BCUT2D eigenvalue weighted by atomic mass is 19.1. The lowest BCUT2D eigenvalue weighted by molar-refractivity contribution is -0.127. The number of para-hydroxylation sites is 1. The second-order valence-corrected chi connectivity index (χ2v) is 12.1. The fourth-order valence-electron chi connectivity index (χ4n) is 6.31. The molecule has 0 spiro atoms. The number of rotatable bonds is 9. The van der Waals surface area contributed by atoms with Crippen LogP contribution < -0.4 is 10.5 Å². The lowest BCUT2D eigenvalue weighted by atomic mass is 9.97. The van der Waals surface area contributed by atoms with Crippen molar-refractivity contribution in [2.75, 3.05) is 38.6 Å². The molecule has 4 aromatic rings. The Morgan fingerprint density at radius 3 is 2.67 bits per heavy atom. The van der Waals surface area contributed by atoms with Crippen molar-refractivity contribution in [3.8, 4) is 28.8 Å². The first-order valence-electron chi connectivity index (χ1n) is 15.5. The third kappa shape index (κ3) is 6.42. The van der Waals surface area contributed by atoms with E-state index in [1.54, 1.807) is 39.9 Å². The number of carbonyl (C=O) groups excluding carboxylic acids is 1. The van der Waals surface area contributed by atoms with Gasteiger partial charge >= 0.3 is 0 Å². The summed E-state index contributed by atoms with van der Waals surface area (Å²) in [5.74, 6) is 0.361. The number of nitrogens with zero attached hydrogens (tertiary/aromatic N) is 7. The lowest BCUT2D eigenvalue weighted by Crippen LogP contribution is -2.49. The molecular formula is C34H37FN8O3. The quantitative estimate of drug-likeness (QED) is 0.203. The number of carbonyl (C=O) groups is 1. The van der Waals surface area contributed by atoms with Crippen LogP contribution in [-0.2, 0) is 16.1 Å². The van der Waals surface area contributed by atoms with E-state index in [2.05, 4.69) is 20.9 Å². The molecule has 2 aromatic carbocycles. The summed E-state index contributed by atoms with van der Waals surface area (Å²) in [6, 6.07) is 15.8. The predicted octanol–water partition coefficient (Wildman–Crippen LogP) is 4.95. The minimum Gasteiger partial charge on any atom is -0.457 e. The first-order chi connectivity index (χ1) is 22.2. The molecule has 1 unspecified atom stereocenters. The van der Waals surface area contributed by atoms with Crippen molar-refractivity contribution in [3.05, 3.63) is 72.3 Å². The van der Waals surface area contributed by atoms with Crippen LogP contribution in [0.15, 0.2) is 66.5 Å². The largest absolute Gasteiger partial charge is 0.457 e. The van der Waals surface area contributed by atoms with E-state index in [1.165, 1.54) is 12.4 Å². The van der Waals surface area contributed by atoms with Gasteiger partial charge in [0.25, 0.3) is 5.91 Å². The van der Waals surface area contributed by atoms with E-state index in [4.69, 9.17) is 20.3 Å². The van der Waals surface area contributed by atoms with Gasteiger partial charge in [-0.3, -0.25) is 9.69 Å². The van der Waals surface area contributed by atoms with Crippen LogP contribution in [-0.4, -0.2) is 79.9 Å². The maximum atomic E-state index is 15.5. The average molecular weight is 625 g/mol. The van der Waals surface area contributed by atoms with Crippen molar-refractivity contribution in [1.82, 2.24) is 29.5 Å². The summed E-state index contributed by atoms with van der Waals surface area (Å²) in [5, 5.41) is 15.2. The Morgan fingerprint density at radius 1 is 1.15 bits per heavy atom. The predicted molar refractivity (Wildman–Crippen MR) is 171 cm³/mol. The summed E-state index contributed by atoms with van der Waals surface area (Å²) in [4.78, 5) is 26.3. The van der Waals surface area contributed by atoms with Crippen molar-refractivity contribution in [2.45, 2.75) is 51.2 Å². The monoisotopic (exact) mass is 624 g/mol. The number of hydrogen-bond donors (Lipinski definition) is 1. The maximum absolute atomic E-state index is 15.5. The highest BCUT2D eigenvalue weighted by molar-refractivity contribution is 5.99. The van der Waals surface area contributed by atoms with Gasteiger partial charge in [0.2, 0.25) is 0 Å². The summed E-state index contributed by atoms with van der Waals surface area (Å²) in [6.45, 7) is 7.76. The maximum Gasteiger partial charge on any atom is 0.264 e. The summed E-state index contributed by atoms with van der Waals surface area (Å²) in [6.07, 6.45) is 5.36. The van der Waals surface area contributed by atoms with Crippen LogP contribution >= 0.6 is 0 Å². The number of amides is 1. The molecule has 1 amide bonds. The zero-order chi connectivity index (χ0) is 32.3. The topological polar surface area (TPSA) is 135 Å². The molecule has 11 nitrogen and oxygen atoms in total. The van der Waals surface area contributed by atoms with E-state index in [0.29, 0.717) is 61.0 Å². The number of anilines is 1. The molecule has 2 aromatic heterocycles. The Kier molecular flexibility index (Phi) is 8.96. The van der Waals surface area contributed by atoms with Crippen LogP contribution in [0.1, 0.15) is 33.1 Å². The van der Waals surface area contributed by atoms with Crippen molar-refractivity contribution in [2.24, 2.45) is 0 Å².